The van der Waals surface area contributed by atoms with Crippen LogP contribution in [-0.4, -0.2) is 25.8 Å². The third-order valence-electron chi connectivity index (χ3n) is 3.43. The summed E-state index contributed by atoms with van der Waals surface area (Å²) in [6, 6.07) is 0.488. The number of hydrogen-bond donors (Lipinski definition) is 1. The lowest BCUT2D eigenvalue weighted by Crippen LogP contribution is -2.50. The predicted molar refractivity (Wildman–Crippen MR) is 62.7 cm³/mol. The highest BCUT2D eigenvalue weighted by Gasteiger charge is 2.33. The minimum atomic E-state index is 0.0317. The van der Waals surface area contributed by atoms with Crippen molar-refractivity contribution in [1.82, 2.24) is 5.32 Å². The predicted octanol–water partition coefficient (Wildman–Crippen LogP) is 2.97. The van der Waals surface area contributed by atoms with Gasteiger partial charge in [-0.1, -0.05) is 33.6 Å². The van der Waals surface area contributed by atoms with E-state index < -0.39 is 0 Å². The Morgan fingerprint density at radius 1 is 1.21 bits per heavy atom. The number of nitrogens with one attached hydrogen (secondary N) is 1. The normalized spacial score (nSPS) is 14.4. The van der Waals surface area contributed by atoms with Crippen molar-refractivity contribution < 1.29 is 4.74 Å². The SMILES string of the molecule is CCCCC(NC)C(CC)(CC)OC. The molecule has 1 N–H and O–H groups in total. The molecule has 0 bridgehead atoms. The number of ether oxygens (including phenoxy) is 1. The van der Waals surface area contributed by atoms with Crippen molar-refractivity contribution in [3.8, 4) is 0 Å². The fourth-order valence-corrected chi connectivity index (χ4v) is 2.25. The Morgan fingerprint density at radius 3 is 2.07 bits per heavy atom. The Labute approximate surface area is 89.4 Å². The summed E-state index contributed by atoms with van der Waals surface area (Å²) in [6.45, 7) is 6.66. The van der Waals surface area contributed by atoms with E-state index in [1.165, 1.54) is 19.3 Å². The van der Waals surface area contributed by atoms with Crippen LogP contribution in [0.5, 0.6) is 0 Å². The number of likely N-dealkylation sites (N-methyl/N-ethyl adjacent to an activating group) is 1. The zero-order valence-corrected chi connectivity index (χ0v) is 10.5. The average Bonchev–Trinajstić information content (AvgIpc) is 2.25. The standard InChI is InChI=1S/C12H27NO/c1-6-9-10-11(13-4)12(7-2,8-3)14-5/h11,13H,6-10H2,1-5H3. The molecule has 0 radical (unpaired) electrons. The van der Waals surface area contributed by atoms with Crippen LogP contribution in [0.25, 0.3) is 0 Å². The molecule has 0 saturated heterocycles. The molecule has 2 heteroatoms. The van der Waals surface area contributed by atoms with Crippen LogP contribution in [0, 0.1) is 0 Å². The number of unbranched alkanes of at least 4 members (excludes halogenated alkanes) is 1. The Morgan fingerprint density at radius 2 is 1.79 bits per heavy atom. The Bertz CT molecular complexity index is 124. The lowest BCUT2D eigenvalue weighted by molar-refractivity contribution is -0.0480. The van der Waals surface area contributed by atoms with Gasteiger partial charge in [0.15, 0.2) is 0 Å². The van der Waals surface area contributed by atoms with Crippen LogP contribution in [0.4, 0.5) is 0 Å². The van der Waals surface area contributed by atoms with Crippen molar-refractivity contribution in [3.63, 3.8) is 0 Å². The van der Waals surface area contributed by atoms with E-state index in [9.17, 15) is 0 Å². The summed E-state index contributed by atoms with van der Waals surface area (Å²) in [7, 11) is 3.88. The molecule has 0 aromatic heterocycles. The van der Waals surface area contributed by atoms with Crippen LogP contribution in [0.15, 0.2) is 0 Å². The molecule has 1 unspecified atom stereocenters. The Hall–Kier alpha value is -0.0800. The van der Waals surface area contributed by atoms with E-state index >= 15 is 0 Å². The summed E-state index contributed by atoms with van der Waals surface area (Å²) in [4.78, 5) is 0. The quantitative estimate of drug-likeness (QED) is 0.652. The third kappa shape index (κ3) is 3.25. The van der Waals surface area contributed by atoms with Crippen molar-refractivity contribution in [1.29, 1.82) is 0 Å². The van der Waals surface area contributed by atoms with Gasteiger partial charge in [0, 0.05) is 13.2 Å². The molecule has 0 aliphatic rings. The molecule has 14 heavy (non-hydrogen) atoms. The van der Waals surface area contributed by atoms with Crippen LogP contribution >= 0.6 is 0 Å². The third-order valence-corrected chi connectivity index (χ3v) is 3.43. The first-order chi connectivity index (χ1) is 6.70. The van der Waals surface area contributed by atoms with Crippen LogP contribution in [0.1, 0.15) is 52.9 Å². The molecule has 1 atom stereocenters. The van der Waals surface area contributed by atoms with Crippen LogP contribution < -0.4 is 5.32 Å². The Kier molecular flexibility index (Phi) is 7.20. The maximum Gasteiger partial charge on any atom is 0.0825 e. The van der Waals surface area contributed by atoms with E-state index in [4.69, 9.17) is 4.74 Å². The molecule has 0 aromatic rings. The summed E-state index contributed by atoms with van der Waals surface area (Å²) >= 11 is 0. The van der Waals surface area contributed by atoms with E-state index in [0.717, 1.165) is 12.8 Å². The maximum absolute atomic E-state index is 5.72. The molecule has 0 amide bonds. The second kappa shape index (κ2) is 7.24. The van der Waals surface area contributed by atoms with Gasteiger partial charge in [0.2, 0.25) is 0 Å². The topological polar surface area (TPSA) is 21.3 Å². The molecular weight excluding hydrogens is 174 g/mol. The molecule has 0 aliphatic carbocycles. The summed E-state index contributed by atoms with van der Waals surface area (Å²) < 4.78 is 5.72. The molecule has 0 saturated carbocycles. The van der Waals surface area contributed by atoms with Crippen molar-refractivity contribution in [2.24, 2.45) is 0 Å². The van der Waals surface area contributed by atoms with Gasteiger partial charge in [0.25, 0.3) is 0 Å². The zero-order chi connectivity index (χ0) is 11.0. The van der Waals surface area contributed by atoms with E-state index in [2.05, 4.69) is 26.1 Å². The summed E-state index contributed by atoms with van der Waals surface area (Å²) in [5, 5.41) is 3.41. The van der Waals surface area contributed by atoms with Gasteiger partial charge in [-0.15, -0.1) is 0 Å². The molecule has 0 aromatic carbocycles. The highest BCUT2D eigenvalue weighted by molar-refractivity contribution is 4.90. The number of rotatable bonds is 8. The molecule has 2 nitrogen and oxygen atoms in total. The van der Waals surface area contributed by atoms with E-state index in [0.29, 0.717) is 6.04 Å². The lowest BCUT2D eigenvalue weighted by atomic mass is 9.85. The van der Waals surface area contributed by atoms with E-state index in [1.807, 2.05) is 14.2 Å². The van der Waals surface area contributed by atoms with Gasteiger partial charge in [0.05, 0.1) is 5.60 Å². The monoisotopic (exact) mass is 201 g/mol. The van der Waals surface area contributed by atoms with Gasteiger partial charge < -0.3 is 10.1 Å². The highest BCUT2D eigenvalue weighted by atomic mass is 16.5. The van der Waals surface area contributed by atoms with Crippen LogP contribution in [-0.2, 0) is 4.74 Å². The van der Waals surface area contributed by atoms with Crippen molar-refractivity contribution in [3.05, 3.63) is 0 Å². The van der Waals surface area contributed by atoms with Gasteiger partial charge in [-0.2, -0.15) is 0 Å². The van der Waals surface area contributed by atoms with Gasteiger partial charge in [-0.25, -0.2) is 0 Å². The molecule has 86 valence electrons. The first kappa shape index (κ1) is 13.9. The van der Waals surface area contributed by atoms with Crippen molar-refractivity contribution in [2.75, 3.05) is 14.2 Å². The number of hydrogen-bond acceptors (Lipinski definition) is 2. The minimum absolute atomic E-state index is 0.0317. The zero-order valence-electron chi connectivity index (χ0n) is 10.5. The molecule has 0 aliphatic heterocycles. The van der Waals surface area contributed by atoms with Crippen molar-refractivity contribution >= 4 is 0 Å². The second-order valence-corrected chi connectivity index (χ2v) is 3.96. The first-order valence-corrected chi connectivity index (χ1v) is 5.93. The lowest BCUT2D eigenvalue weighted by Gasteiger charge is -2.38. The fourth-order valence-electron chi connectivity index (χ4n) is 2.25. The smallest absolute Gasteiger partial charge is 0.0825 e. The minimum Gasteiger partial charge on any atom is -0.377 e. The first-order valence-electron chi connectivity index (χ1n) is 5.93. The fraction of sp³-hybridized carbons (Fsp3) is 1.00. The number of methoxy groups -OCH3 is 1. The molecular formula is C12H27NO. The summed E-state index contributed by atoms with van der Waals surface area (Å²) in [5.74, 6) is 0. The summed E-state index contributed by atoms with van der Waals surface area (Å²) in [6.07, 6.45) is 5.90. The van der Waals surface area contributed by atoms with Crippen LogP contribution in [0.2, 0.25) is 0 Å². The molecule has 0 rings (SSSR count). The van der Waals surface area contributed by atoms with E-state index in [-0.39, 0.29) is 5.60 Å². The molecule has 0 heterocycles. The van der Waals surface area contributed by atoms with Crippen LogP contribution in [0.3, 0.4) is 0 Å². The van der Waals surface area contributed by atoms with Gasteiger partial charge in [-0.3, -0.25) is 0 Å². The average molecular weight is 201 g/mol. The van der Waals surface area contributed by atoms with Crippen molar-refractivity contribution in [2.45, 2.75) is 64.5 Å². The Balaban J connectivity index is 4.40. The van der Waals surface area contributed by atoms with Gasteiger partial charge >= 0.3 is 0 Å². The highest BCUT2D eigenvalue weighted by Crippen LogP contribution is 2.26. The second-order valence-electron chi connectivity index (χ2n) is 3.96. The van der Waals surface area contributed by atoms with Gasteiger partial charge in [-0.05, 0) is 26.3 Å². The molecule has 0 fully saturated rings. The van der Waals surface area contributed by atoms with E-state index in [1.54, 1.807) is 0 Å². The summed E-state index contributed by atoms with van der Waals surface area (Å²) in [5.41, 5.74) is 0.0317. The largest absolute Gasteiger partial charge is 0.377 e. The van der Waals surface area contributed by atoms with Gasteiger partial charge in [0.1, 0.15) is 0 Å². The molecule has 0 spiro atoms. The maximum atomic E-state index is 5.72.